The van der Waals surface area contributed by atoms with Crippen LogP contribution >= 0.6 is 24.2 Å². The van der Waals surface area contributed by atoms with Gasteiger partial charge in [0, 0.05) is 44.2 Å². The molecule has 0 aliphatic carbocycles. The standard InChI is InChI=1S/C17H27N3O4S3/c1-6-19(11-10-18-27(5,22)23)15-8-9-16(13(3)12-15)20(14(4)21)26-17(25)24-7-2/h8-9,12,18H,6-7,10-11H2,1-5H3. The van der Waals surface area contributed by atoms with E-state index in [4.69, 9.17) is 17.0 Å². The smallest absolute Gasteiger partial charge is 0.241 e. The molecule has 1 N–H and O–H groups in total. The number of ether oxygens (including phenoxy) is 1. The number of nitrogens with zero attached hydrogens (tertiary/aromatic N) is 2. The van der Waals surface area contributed by atoms with E-state index in [9.17, 15) is 13.2 Å². The van der Waals surface area contributed by atoms with Gasteiger partial charge in [0.2, 0.25) is 20.3 Å². The molecular weight excluding hydrogens is 406 g/mol. The predicted molar refractivity (Wildman–Crippen MR) is 117 cm³/mol. The Hall–Kier alpha value is -1.36. The van der Waals surface area contributed by atoms with Crippen LogP contribution in [0.2, 0.25) is 0 Å². The molecule has 0 radical (unpaired) electrons. The van der Waals surface area contributed by atoms with Gasteiger partial charge in [0.25, 0.3) is 0 Å². The number of aryl methyl sites for hydroxylation is 1. The summed E-state index contributed by atoms with van der Waals surface area (Å²) in [5, 5.41) is 0. The molecule has 0 unspecified atom stereocenters. The fraction of sp³-hybridized carbons (Fsp3) is 0.529. The second-order valence-corrected chi connectivity index (χ2v) is 9.19. The van der Waals surface area contributed by atoms with Crippen molar-refractivity contribution in [2.75, 3.05) is 41.7 Å². The Balaban J connectivity index is 2.97. The Morgan fingerprint density at radius 2 is 2.00 bits per heavy atom. The lowest BCUT2D eigenvalue weighted by molar-refractivity contribution is -0.115. The van der Waals surface area contributed by atoms with Gasteiger partial charge in [-0.2, -0.15) is 0 Å². The first kappa shape index (κ1) is 23.7. The lowest BCUT2D eigenvalue weighted by atomic mass is 10.1. The van der Waals surface area contributed by atoms with Crippen LogP contribution in [-0.4, -0.2) is 51.2 Å². The summed E-state index contributed by atoms with van der Waals surface area (Å²) in [4.78, 5) is 14.1. The van der Waals surface area contributed by atoms with E-state index in [1.54, 1.807) is 0 Å². The minimum Gasteiger partial charge on any atom is -0.478 e. The largest absolute Gasteiger partial charge is 0.478 e. The number of likely N-dealkylation sites (N-methyl/N-ethyl adjacent to an activating group) is 1. The third kappa shape index (κ3) is 8.04. The van der Waals surface area contributed by atoms with Gasteiger partial charge in [0.05, 0.1) is 18.6 Å². The van der Waals surface area contributed by atoms with Gasteiger partial charge in [-0.1, -0.05) is 0 Å². The Kier molecular flexibility index (Phi) is 9.51. The highest BCUT2D eigenvalue weighted by atomic mass is 32.2. The average molecular weight is 434 g/mol. The van der Waals surface area contributed by atoms with Crippen LogP contribution in [0.25, 0.3) is 0 Å². The van der Waals surface area contributed by atoms with Crippen LogP contribution < -0.4 is 13.9 Å². The molecule has 10 heteroatoms. The lowest BCUT2D eigenvalue weighted by Gasteiger charge is -2.26. The van der Waals surface area contributed by atoms with Crippen molar-refractivity contribution in [3.8, 4) is 0 Å². The zero-order chi connectivity index (χ0) is 20.6. The van der Waals surface area contributed by atoms with Crippen molar-refractivity contribution >= 4 is 55.9 Å². The zero-order valence-corrected chi connectivity index (χ0v) is 18.8. The van der Waals surface area contributed by atoms with E-state index in [0.29, 0.717) is 24.1 Å². The minimum absolute atomic E-state index is 0.150. The molecule has 0 spiro atoms. The highest BCUT2D eigenvalue weighted by Gasteiger charge is 2.19. The SMILES string of the molecule is CCOC(=S)SN(C(C)=O)c1ccc(N(CC)CCNS(C)(=O)=O)cc1C. The van der Waals surface area contributed by atoms with Gasteiger partial charge in [-0.15, -0.1) is 0 Å². The van der Waals surface area contributed by atoms with Crippen LogP contribution in [0, 0.1) is 6.92 Å². The van der Waals surface area contributed by atoms with E-state index in [-0.39, 0.29) is 5.91 Å². The maximum absolute atomic E-state index is 12.1. The number of sulfonamides is 1. The normalized spacial score (nSPS) is 11.1. The summed E-state index contributed by atoms with van der Waals surface area (Å²) >= 11 is 6.22. The molecule has 0 saturated heterocycles. The van der Waals surface area contributed by atoms with Gasteiger partial charge < -0.3 is 9.64 Å². The molecule has 0 fully saturated rings. The molecular formula is C17H27N3O4S3. The number of hydrogen-bond donors (Lipinski definition) is 1. The minimum atomic E-state index is -3.21. The van der Waals surface area contributed by atoms with Gasteiger partial charge >= 0.3 is 0 Å². The summed E-state index contributed by atoms with van der Waals surface area (Å²) in [7, 11) is -3.21. The molecule has 27 heavy (non-hydrogen) atoms. The van der Waals surface area contributed by atoms with Crippen molar-refractivity contribution in [2.24, 2.45) is 0 Å². The first-order chi connectivity index (χ1) is 12.6. The Morgan fingerprint density at radius 1 is 1.33 bits per heavy atom. The van der Waals surface area contributed by atoms with Crippen LogP contribution in [0.1, 0.15) is 26.3 Å². The molecule has 0 heterocycles. The quantitative estimate of drug-likeness (QED) is 0.499. The fourth-order valence-electron chi connectivity index (χ4n) is 2.40. The van der Waals surface area contributed by atoms with Gasteiger partial charge in [-0.05, 0) is 56.8 Å². The number of anilines is 2. The number of thiocarbonyl (C=S) groups is 1. The third-order valence-electron chi connectivity index (χ3n) is 3.61. The first-order valence-electron chi connectivity index (χ1n) is 8.54. The van der Waals surface area contributed by atoms with Crippen molar-refractivity contribution in [1.29, 1.82) is 0 Å². The molecule has 0 aliphatic rings. The topological polar surface area (TPSA) is 79.0 Å². The Morgan fingerprint density at radius 3 is 2.48 bits per heavy atom. The highest BCUT2D eigenvalue weighted by Crippen LogP contribution is 2.31. The van der Waals surface area contributed by atoms with Crippen molar-refractivity contribution in [2.45, 2.75) is 27.7 Å². The molecule has 0 bridgehead atoms. The van der Waals surface area contributed by atoms with Crippen molar-refractivity contribution in [1.82, 2.24) is 4.72 Å². The van der Waals surface area contributed by atoms with Crippen molar-refractivity contribution < 1.29 is 17.9 Å². The Labute approximate surface area is 171 Å². The van der Waals surface area contributed by atoms with Crippen LogP contribution in [0.5, 0.6) is 0 Å². The summed E-state index contributed by atoms with van der Waals surface area (Å²) in [5.41, 5.74) is 2.60. The van der Waals surface area contributed by atoms with Crippen LogP contribution in [-0.2, 0) is 19.6 Å². The molecule has 152 valence electrons. The van der Waals surface area contributed by atoms with Gasteiger partial charge in [-0.3, -0.25) is 4.79 Å². The summed E-state index contributed by atoms with van der Waals surface area (Å²) in [6.07, 6.45) is 1.14. The van der Waals surface area contributed by atoms with Crippen molar-refractivity contribution in [3.05, 3.63) is 23.8 Å². The van der Waals surface area contributed by atoms with Gasteiger partial charge in [0.15, 0.2) is 0 Å². The number of nitrogens with one attached hydrogen (secondary N) is 1. The first-order valence-corrected chi connectivity index (χ1v) is 11.6. The molecule has 0 atom stereocenters. The van der Waals surface area contributed by atoms with Crippen LogP contribution in [0.3, 0.4) is 0 Å². The third-order valence-corrected chi connectivity index (χ3v) is 5.58. The molecule has 1 aromatic carbocycles. The number of carbonyl (C=O) groups excluding carboxylic acids is 1. The predicted octanol–water partition coefficient (Wildman–Crippen LogP) is 2.69. The van der Waals surface area contributed by atoms with E-state index in [0.717, 1.165) is 41.7 Å². The molecule has 0 aliphatic heterocycles. The van der Waals surface area contributed by atoms with E-state index in [1.807, 2.05) is 39.0 Å². The number of amides is 1. The summed E-state index contributed by atoms with van der Waals surface area (Å²) in [6.45, 7) is 9.27. The number of rotatable bonds is 8. The highest BCUT2D eigenvalue weighted by molar-refractivity contribution is 8.23. The summed E-state index contributed by atoms with van der Waals surface area (Å²) in [5.74, 6) is -0.150. The molecule has 0 saturated carbocycles. The van der Waals surface area contributed by atoms with E-state index < -0.39 is 10.0 Å². The molecule has 7 nitrogen and oxygen atoms in total. The molecule has 1 amide bonds. The van der Waals surface area contributed by atoms with E-state index in [2.05, 4.69) is 9.62 Å². The number of hydrogen-bond acceptors (Lipinski definition) is 7. The fourth-order valence-corrected chi connectivity index (χ4v) is 3.96. The van der Waals surface area contributed by atoms with Gasteiger partial charge in [-0.25, -0.2) is 17.4 Å². The molecule has 1 rings (SSSR count). The maximum atomic E-state index is 12.1. The van der Waals surface area contributed by atoms with Crippen molar-refractivity contribution in [3.63, 3.8) is 0 Å². The van der Waals surface area contributed by atoms with Crippen LogP contribution in [0.15, 0.2) is 18.2 Å². The summed E-state index contributed by atoms with van der Waals surface area (Å²) < 4.78 is 32.0. The monoisotopic (exact) mass is 433 g/mol. The summed E-state index contributed by atoms with van der Waals surface area (Å²) in [6, 6.07) is 5.74. The molecule has 1 aromatic rings. The van der Waals surface area contributed by atoms with E-state index in [1.165, 1.54) is 11.2 Å². The number of benzene rings is 1. The van der Waals surface area contributed by atoms with E-state index >= 15 is 0 Å². The van der Waals surface area contributed by atoms with Crippen LogP contribution in [0.4, 0.5) is 11.4 Å². The zero-order valence-electron chi connectivity index (χ0n) is 16.3. The molecule has 0 aromatic heterocycles. The van der Waals surface area contributed by atoms with Gasteiger partial charge in [0.1, 0.15) is 0 Å². The Bertz CT molecular complexity index is 769. The lowest BCUT2D eigenvalue weighted by Crippen LogP contribution is -2.34. The maximum Gasteiger partial charge on any atom is 0.241 e. The average Bonchev–Trinajstić information content (AvgIpc) is 2.56. The second kappa shape index (κ2) is 10.8. The number of carbonyl (C=O) groups is 1. The second-order valence-electron chi connectivity index (χ2n) is 5.80.